The van der Waals surface area contributed by atoms with Crippen molar-refractivity contribution in [2.75, 3.05) is 16.5 Å². The molecule has 3 heterocycles. The molecule has 2 aromatic heterocycles. The number of aryl methyl sites for hydroxylation is 1. The Kier molecular flexibility index (Phi) is 10.5. The summed E-state index contributed by atoms with van der Waals surface area (Å²) in [5.41, 5.74) is 17.6. The molecule has 0 saturated heterocycles. The zero-order valence-electron chi connectivity index (χ0n) is 40.0. The fourth-order valence-corrected chi connectivity index (χ4v) is 9.91. The summed E-state index contributed by atoms with van der Waals surface area (Å²) < 4.78 is 9.16. The Balaban J connectivity index is 0.965. The molecule has 0 atom stereocenters. The van der Waals surface area contributed by atoms with Gasteiger partial charge in [-0.1, -0.05) is 169 Å². The van der Waals surface area contributed by atoms with Crippen molar-refractivity contribution >= 4 is 44.6 Å². The average molecular weight is 885 g/mol. The quantitative estimate of drug-likeness (QED) is 0.152. The van der Waals surface area contributed by atoms with E-state index in [0.717, 1.165) is 56.4 Å². The first-order valence-corrected chi connectivity index (χ1v) is 23.7. The van der Waals surface area contributed by atoms with Gasteiger partial charge in [0.05, 0.1) is 28.1 Å². The van der Waals surface area contributed by atoms with Crippen LogP contribution in [0, 0.1) is 6.92 Å². The minimum atomic E-state index is -0.00193. The van der Waals surface area contributed by atoms with Crippen LogP contribution in [0.3, 0.4) is 0 Å². The number of fused-ring (bicyclic) bond motifs is 4. The summed E-state index contributed by atoms with van der Waals surface area (Å²) in [7, 11) is 0. The lowest BCUT2D eigenvalue weighted by Crippen LogP contribution is -2.24. The number of para-hydroxylation sites is 3. The summed E-state index contributed by atoms with van der Waals surface area (Å²) in [6.45, 7) is 16.4. The molecule has 5 nitrogen and oxygen atoms in total. The maximum absolute atomic E-state index is 6.87. The standard InChI is InChI=1S/C63H56N4O/c1-42-36-60(64-40-55(42)45-28-30-46(31-29-45)62(2,3)4)67-56-35-32-47(63(5,6)7)37-54(56)53-34-33-50(39-59(53)67)68-49-23-16-22-48(38-49)65-41-66(58-27-15-14-26-57(58)65)61-51(43-18-10-8-11-19-43)24-17-25-52(61)44-20-12-9-13-21-44/h8-40H,41H2,1-7H3. The first-order valence-electron chi connectivity index (χ1n) is 23.7. The van der Waals surface area contributed by atoms with Crippen LogP contribution in [0.15, 0.2) is 200 Å². The molecule has 0 amide bonds. The maximum Gasteiger partial charge on any atom is 0.137 e. The van der Waals surface area contributed by atoms with Crippen LogP contribution in [0.4, 0.5) is 22.7 Å². The van der Waals surface area contributed by atoms with Gasteiger partial charge in [0, 0.05) is 51.5 Å². The third-order valence-corrected chi connectivity index (χ3v) is 13.6. The molecule has 10 aromatic rings. The number of aromatic nitrogens is 2. The molecule has 11 rings (SSSR count). The number of anilines is 4. The van der Waals surface area contributed by atoms with Gasteiger partial charge in [0.1, 0.15) is 24.0 Å². The number of pyridine rings is 1. The highest BCUT2D eigenvalue weighted by Crippen LogP contribution is 2.50. The van der Waals surface area contributed by atoms with Gasteiger partial charge in [0.25, 0.3) is 0 Å². The SMILES string of the molecule is Cc1cc(-n2c3ccc(C(C)(C)C)cc3c3ccc(Oc4cccc(N5CN(c6c(-c7ccccc7)cccc6-c6ccccc6)c6ccccc65)c4)cc32)ncc1-c1ccc(C(C)(C)C)cc1. The molecule has 68 heavy (non-hydrogen) atoms. The van der Waals surface area contributed by atoms with Crippen LogP contribution >= 0.6 is 0 Å². The monoisotopic (exact) mass is 884 g/mol. The number of benzene rings is 8. The van der Waals surface area contributed by atoms with E-state index in [1.807, 2.05) is 6.20 Å². The number of hydrogen-bond acceptors (Lipinski definition) is 4. The number of rotatable bonds is 8. The lowest BCUT2D eigenvalue weighted by Gasteiger charge is -2.27. The normalized spacial score (nSPS) is 12.8. The van der Waals surface area contributed by atoms with Gasteiger partial charge in [-0.05, 0) is 106 Å². The maximum atomic E-state index is 6.87. The van der Waals surface area contributed by atoms with E-state index in [9.17, 15) is 0 Å². The zero-order chi connectivity index (χ0) is 46.7. The van der Waals surface area contributed by atoms with E-state index in [1.165, 1.54) is 55.6 Å². The van der Waals surface area contributed by atoms with E-state index < -0.39 is 0 Å². The molecule has 0 saturated carbocycles. The molecule has 0 aliphatic carbocycles. The van der Waals surface area contributed by atoms with E-state index in [-0.39, 0.29) is 10.8 Å². The first-order chi connectivity index (χ1) is 32.9. The van der Waals surface area contributed by atoms with Crippen molar-refractivity contribution in [1.82, 2.24) is 9.55 Å². The first kappa shape index (κ1) is 42.7. The summed E-state index contributed by atoms with van der Waals surface area (Å²) >= 11 is 0. The van der Waals surface area contributed by atoms with Crippen LogP contribution in [-0.2, 0) is 10.8 Å². The highest BCUT2D eigenvalue weighted by atomic mass is 16.5. The van der Waals surface area contributed by atoms with Crippen molar-refractivity contribution in [3.63, 3.8) is 0 Å². The molecule has 0 N–H and O–H groups in total. The number of hydrogen-bond donors (Lipinski definition) is 0. The summed E-state index contributed by atoms with van der Waals surface area (Å²) in [6, 6.07) is 69.8. The summed E-state index contributed by atoms with van der Waals surface area (Å²) in [5.74, 6) is 2.40. The zero-order valence-corrected chi connectivity index (χ0v) is 40.0. The Morgan fingerprint density at radius 1 is 0.456 bits per heavy atom. The van der Waals surface area contributed by atoms with Gasteiger partial charge in [-0.2, -0.15) is 0 Å². The third kappa shape index (κ3) is 7.78. The minimum absolute atomic E-state index is 0.00193. The van der Waals surface area contributed by atoms with Crippen molar-refractivity contribution in [3.8, 4) is 50.7 Å². The van der Waals surface area contributed by atoms with E-state index >= 15 is 0 Å². The Morgan fingerprint density at radius 2 is 1.04 bits per heavy atom. The lowest BCUT2D eigenvalue weighted by atomic mass is 9.86. The van der Waals surface area contributed by atoms with E-state index in [2.05, 4.69) is 257 Å². The highest BCUT2D eigenvalue weighted by molar-refractivity contribution is 6.10. The number of ether oxygens (including phenoxy) is 1. The Bertz CT molecular complexity index is 3430. The van der Waals surface area contributed by atoms with Gasteiger partial charge in [0.15, 0.2) is 0 Å². The molecule has 1 aliphatic rings. The van der Waals surface area contributed by atoms with Crippen LogP contribution in [0.2, 0.25) is 0 Å². The van der Waals surface area contributed by atoms with Gasteiger partial charge in [-0.3, -0.25) is 4.57 Å². The summed E-state index contributed by atoms with van der Waals surface area (Å²) in [5, 5.41) is 2.36. The largest absolute Gasteiger partial charge is 0.457 e. The van der Waals surface area contributed by atoms with Crippen LogP contribution in [0.5, 0.6) is 11.5 Å². The predicted octanol–water partition coefficient (Wildman–Crippen LogP) is 17.1. The molecular formula is C63H56N4O. The van der Waals surface area contributed by atoms with Crippen LogP contribution < -0.4 is 14.5 Å². The van der Waals surface area contributed by atoms with Gasteiger partial charge in [0.2, 0.25) is 0 Å². The van der Waals surface area contributed by atoms with E-state index in [1.54, 1.807) is 0 Å². The topological polar surface area (TPSA) is 33.5 Å². The van der Waals surface area contributed by atoms with Crippen LogP contribution in [0.1, 0.15) is 58.2 Å². The third-order valence-electron chi connectivity index (χ3n) is 13.6. The molecule has 0 unspecified atom stereocenters. The fraction of sp³-hybridized carbons (Fsp3) is 0.159. The Labute approximate surface area is 400 Å². The van der Waals surface area contributed by atoms with Crippen molar-refractivity contribution in [2.24, 2.45) is 0 Å². The Hall–Kier alpha value is -7.89. The van der Waals surface area contributed by atoms with Crippen LogP contribution in [0.25, 0.3) is 61.0 Å². The summed E-state index contributed by atoms with van der Waals surface area (Å²) in [6.07, 6.45) is 2.03. The highest BCUT2D eigenvalue weighted by Gasteiger charge is 2.31. The van der Waals surface area contributed by atoms with Crippen LogP contribution in [-0.4, -0.2) is 16.2 Å². The van der Waals surface area contributed by atoms with Crippen molar-refractivity contribution in [2.45, 2.75) is 59.3 Å². The minimum Gasteiger partial charge on any atom is -0.457 e. The fourth-order valence-electron chi connectivity index (χ4n) is 9.91. The van der Waals surface area contributed by atoms with Crippen molar-refractivity contribution in [3.05, 3.63) is 217 Å². The molecule has 0 fully saturated rings. The van der Waals surface area contributed by atoms with Crippen molar-refractivity contribution < 1.29 is 4.74 Å². The van der Waals surface area contributed by atoms with Gasteiger partial charge < -0.3 is 14.5 Å². The second-order valence-corrected chi connectivity index (χ2v) is 20.2. The lowest BCUT2D eigenvalue weighted by molar-refractivity contribution is 0.483. The van der Waals surface area contributed by atoms with Gasteiger partial charge >= 0.3 is 0 Å². The Morgan fingerprint density at radius 3 is 1.69 bits per heavy atom. The smallest absolute Gasteiger partial charge is 0.137 e. The molecule has 0 radical (unpaired) electrons. The van der Waals surface area contributed by atoms with Gasteiger partial charge in [-0.25, -0.2) is 4.98 Å². The molecule has 5 heteroatoms. The van der Waals surface area contributed by atoms with E-state index in [4.69, 9.17) is 9.72 Å². The number of nitrogens with zero attached hydrogens (tertiary/aromatic N) is 4. The molecule has 334 valence electrons. The molecule has 0 spiro atoms. The summed E-state index contributed by atoms with van der Waals surface area (Å²) in [4.78, 5) is 10.0. The average Bonchev–Trinajstić information content (AvgIpc) is 3.89. The second kappa shape index (κ2) is 16.8. The predicted molar refractivity (Wildman–Crippen MR) is 286 cm³/mol. The molecule has 0 bridgehead atoms. The van der Waals surface area contributed by atoms with Crippen molar-refractivity contribution in [1.29, 1.82) is 0 Å². The van der Waals surface area contributed by atoms with Gasteiger partial charge in [-0.15, -0.1) is 0 Å². The second-order valence-electron chi connectivity index (χ2n) is 20.2. The molecule has 1 aliphatic heterocycles. The van der Waals surface area contributed by atoms with E-state index in [0.29, 0.717) is 6.67 Å². The molecule has 8 aromatic carbocycles. The molecular weight excluding hydrogens is 829 g/mol.